The van der Waals surface area contributed by atoms with Gasteiger partial charge in [-0.05, 0) is 45.0 Å². The maximum atomic E-state index is 12.9. The van der Waals surface area contributed by atoms with E-state index in [2.05, 4.69) is 15.3 Å². The quantitative estimate of drug-likeness (QED) is 0.399. The molecular weight excluding hydrogens is 420 g/mol. The van der Waals surface area contributed by atoms with E-state index in [0.29, 0.717) is 11.7 Å². The maximum absolute atomic E-state index is 12.9. The van der Waals surface area contributed by atoms with E-state index in [0.717, 1.165) is 28.3 Å². The van der Waals surface area contributed by atoms with Crippen LogP contribution in [0.3, 0.4) is 0 Å². The standard InChI is InChI=1S/C24H26N6OS/c1-17-10-12-20(13-11-17)29-16-25-26-24(29)32-15-23(31)28(4)14-22-18(2)27-30(19(22)3)21-8-6-5-7-9-21/h5-13,16H,14-15H2,1-4H3. The third-order valence-corrected chi connectivity index (χ3v) is 6.34. The molecule has 32 heavy (non-hydrogen) atoms. The molecule has 0 bridgehead atoms. The molecule has 1 amide bonds. The van der Waals surface area contributed by atoms with Gasteiger partial charge in [-0.15, -0.1) is 10.2 Å². The van der Waals surface area contributed by atoms with Crippen LogP contribution >= 0.6 is 11.8 Å². The van der Waals surface area contributed by atoms with E-state index in [1.165, 1.54) is 17.3 Å². The van der Waals surface area contributed by atoms with Gasteiger partial charge in [-0.2, -0.15) is 5.10 Å². The molecule has 4 rings (SSSR count). The lowest BCUT2D eigenvalue weighted by Crippen LogP contribution is -2.28. The number of nitrogens with zero attached hydrogens (tertiary/aromatic N) is 6. The SMILES string of the molecule is Cc1ccc(-n2cnnc2SCC(=O)N(C)Cc2c(C)nn(-c3ccccc3)c2C)cc1. The van der Waals surface area contributed by atoms with E-state index in [1.807, 2.05) is 91.7 Å². The number of thioether (sulfide) groups is 1. The Labute approximate surface area is 192 Å². The number of amides is 1. The van der Waals surface area contributed by atoms with E-state index in [4.69, 9.17) is 0 Å². The van der Waals surface area contributed by atoms with Crippen LogP contribution in [0.4, 0.5) is 0 Å². The van der Waals surface area contributed by atoms with E-state index in [9.17, 15) is 4.79 Å². The lowest BCUT2D eigenvalue weighted by atomic mass is 10.2. The van der Waals surface area contributed by atoms with Crippen molar-refractivity contribution in [1.82, 2.24) is 29.4 Å². The van der Waals surface area contributed by atoms with Crippen LogP contribution in [0.15, 0.2) is 66.1 Å². The molecule has 2 heterocycles. The van der Waals surface area contributed by atoms with Crippen molar-refractivity contribution in [3.05, 3.63) is 83.4 Å². The van der Waals surface area contributed by atoms with Gasteiger partial charge in [-0.3, -0.25) is 9.36 Å². The summed E-state index contributed by atoms with van der Waals surface area (Å²) in [4.78, 5) is 14.6. The fraction of sp³-hybridized carbons (Fsp3) is 0.250. The zero-order valence-corrected chi connectivity index (χ0v) is 19.5. The predicted octanol–water partition coefficient (Wildman–Crippen LogP) is 4.13. The first-order valence-corrected chi connectivity index (χ1v) is 11.4. The molecule has 0 saturated carbocycles. The second kappa shape index (κ2) is 9.40. The molecule has 0 unspecified atom stereocenters. The van der Waals surface area contributed by atoms with Crippen molar-refractivity contribution in [1.29, 1.82) is 0 Å². The van der Waals surface area contributed by atoms with Gasteiger partial charge in [0, 0.05) is 30.5 Å². The summed E-state index contributed by atoms with van der Waals surface area (Å²) >= 11 is 1.39. The summed E-state index contributed by atoms with van der Waals surface area (Å²) in [6, 6.07) is 18.2. The van der Waals surface area contributed by atoms with Crippen LogP contribution in [0.2, 0.25) is 0 Å². The molecule has 2 aromatic carbocycles. The Bertz CT molecular complexity index is 1210. The molecule has 7 nitrogen and oxygen atoms in total. The Hall–Kier alpha value is -3.39. The Kier molecular flexibility index (Phi) is 6.41. The molecule has 4 aromatic rings. The van der Waals surface area contributed by atoms with E-state index in [1.54, 1.807) is 11.2 Å². The average Bonchev–Trinajstić information content (AvgIpc) is 3.38. The molecule has 2 aromatic heterocycles. The normalized spacial score (nSPS) is 11.0. The molecular formula is C24H26N6OS. The summed E-state index contributed by atoms with van der Waals surface area (Å²) in [5.41, 5.74) is 6.22. The molecule has 0 atom stereocenters. The van der Waals surface area contributed by atoms with Crippen molar-refractivity contribution in [3.8, 4) is 11.4 Å². The van der Waals surface area contributed by atoms with Crippen LogP contribution in [0.1, 0.15) is 22.5 Å². The van der Waals surface area contributed by atoms with Gasteiger partial charge in [-0.1, -0.05) is 47.7 Å². The van der Waals surface area contributed by atoms with Crippen molar-refractivity contribution in [2.24, 2.45) is 0 Å². The predicted molar refractivity (Wildman–Crippen MR) is 126 cm³/mol. The van der Waals surface area contributed by atoms with Gasteiger partial charge in [0.1, 0.15) is 6.33 Å². The lowest BCUT2D eigenvalue weighted by Gasteiger charge is -2.17. The molecule has 0 N–H and O–H groups in total. The Morgan fingerprint density at radius 3 is 2.44 bits per heavy atom. The monoisotopic (exact) mass is 446 g/mol. The first-order valence-electron chi connectivity index (χ1n) is 10.4. The van der Waals surface area contributed by atoms with E-state index >= 15 is 0 Å². The van der Waals surface area contributed by atoms with Gasteiger partial charge < -0.3 is 4.90 Å². The Morgan fingerprint density at radius 2 is 1.72 bits per heavy atom. The number of aromatic nitrogens is 5. The second-order valence-corrected chi connectivity index (χ2v) is 8.70. The van der Waals surface area contributed by atoms with Gasteiger partial charge in [0.05, 0.1) is 17.1 Å². The molecule has 8 heteroatoms. The lowest BCUT2D eigenvalue weighted by molar-refractivity contribution is -0.127. The van der Waals surface area contributed by atoms with Crippen molar-refractivity contribution in [2.45, 2.75) is 32.5 Å². The molecule has 0 fully saturated rings. The van der Waals surface area contributed by atoms with Gasteiger partial charge in [0.2, 0.25) is 5.91 Å². The van der Waals surface area contributed by atoms with Gasteiger partial charge in [0.15, 0.2) is 5.16 Å². The highest BCUT2D eigenvalue weighted by molar-refractivity contribution is 7.99. The van der Waals surface area contributed by atoms with Crippen LogP contribution in [0.25, 0.3) is 11.4 Å². The minimum absolute atomic E-state index is 0.0275. The summed E-state index contributed by atoms with van der Waals surface area (Å²) in [5.74, 6) is 0.311. The van der Waals surface area contributed by atoms with Gasteiger partial charge in [0.25, 0.3) is 0 Å². The van der Waals surface area contributed by atoms with Gasteiger partial charge in [-0.25, -0.2) is 4.68 Å². The smallest absolute Gasteiger partial charge is 0.233 e. The minimum Gasteiger partial charge on any atom is -0.341 e. The zero-order valence-electron chi connectivity index (χ0n) is 18.7. The van der Waals surface area contributed by atoms with Crippen molar-refractivity contribution in [2.75, 3.05) is 12.8 Å². The van der Waals surface area contributed by atoms with Crippen LogP contribution in [0.5, 0.6) is 0 Å². The van der Waals surface area contributed by atoms with Crippen molar-refractivity contribution >= 4 is 17.7 Å². The fourth-order valence-corrected chi connectivity index (χ4v) is 4.36. The fourth-order valence-electron chi connectivity index (χ4n) is 3.49. The molecule has 0 aliphatic heterocycles. The zero-order chi connectivity index (χ0) is 22.7. The highest BCUT2D eigenvalue weighted by Crippen LogP contribution is 2.22. The third kappa shape index (κ3) is 4.60. The molecule has 0 aliphatic rings. The number of rotatable bonds is 7. The summed E-state index contributed by atoms with van der Waals surface area (Å²) in [7, 11) is 1.83. The largest absolute Gasteiger partial charge is 0.341 e. The van der Waals surface area contributed by atoms with Crippen molar-refractivity contribution < 1.29 is 4.79 Å². The second-order valence-electron chi connectivity index (χ2n) is 7.75. The number of aryl methyl sites for hydroxylation is 2. The number of para-hydroxylation sites is 1. The van der Waals surface area contributed by atoms with Crippen LogP contribution in [0, 0.1) is 20.8 Å². The minimum atomic E-state index is 0.0275. The molecule has 0 aliphatic carbocycles. The number of hydrogen-bond donors (Lipinski definition) is 0. The number of carbonyl (C=O) groups excluding carboxylic acids is 1. The topological polar surface area (TPSA) is 68.8 Å². The number of benzene rings is 2. The van der Waals surface area contributed by atoms with Gasteiger partial charge >= 0.3 is 0 Å². The summed E-state index contributed by atoms with van der Waals surface area (Å²) in [5, 5.41) is 13.6. The van der Waals surface area contributed by atoms with Crippen LogP contribution < -0.4 is 0 Å². The number of carbonyl (C=O) groups is 1. The van der Waals surface area contributed by atoms with Crippen molar-refractivity contribution in [3.63, 3.8) is 0 Å². The van der Waals surface area contributed by atoms with Crippen LogP contribution in [-0.4, -0.2) is 48.2 Å². The Balaban J connectivity index is 1.42. The summed E-state index contributed by atoms with van der Waals surface area (Å²) < 4.78 is 3.83. The van der Waals surface area contributed by atoms with Crippen LogP contribution in [-0.2, 0) is 11.3 Å². The average molecular weight is 447 g/mol. The van der Waals surface area contributed by atoms with E-state index < -0.39 is 0 Å². The highest BCUT2D eigenvalue weighted by Gasteiger charge is 2.18. The number of hydrogen-bond acceptors (Lipinski definition) is 5. The molecule has 0 saturated heterocycles. The molecule has 0 radical (unpaired) electrons. The Morgan fingerprint density at radius 1 is 1.00 bits per heavy atom. The summed E-state index contributed by atoms with van der Waals surface area (Å²) in [6.07, 6.45) is 1.67. The first kappa shape index (κ1) is 21.8. The molecule has 0 spiro atoms. The first-order chi connectivity index (χ1) is 15.4. The maximum Gasteiger partial charge on any atom is 0.233 e. The highest BCUT2D eigenvalue weighted by atomic mass is 32.2. The third-order valence-electron chi connectivity index (χ3n) is 5.42. The summed E-state index contributed by atoms with van der Waals surface area (Å²) in [6.45, 7) is 6.58. The van der Waals surface area contributed by atoms with E-state index in [-0.39, 0.29) is 11.7 Å². The molecule has 164 valence electrons.